The number of rotatable bonds is 10. The number of nitrogens with zero attached hydrogens (tertiary/aromatic N) is 3. The van der Waals surface area contributed by atoms with Gasteiger partial charge >= 0.3 is 0 Å². The van der Waals surface area contributed by atoms with Crippen molar-refractivity contribution < 1.29 is 27.4 Å². The summed E-state index contributed by atoms with van der Waals surface area (Å²) in [6.45, 7) is 4.02. The third-order valence-corrected chi connectivity index (χ3v) is 10.5. The van der Waals surface area contributed by atoms with Gasteiger partial charge < -0.3 is 19.1 Å². The van der Waals surface area contributed by atoms with E-state index in [1.807, 2.05) is 4.90 Å². The third-order valence-electron chi connectivity index (χ3n) is 8.12. The molecule has 1 aromatic rings. The highest BCUT2D eigenvalue weighted by atomic mass is 35.5. The van der Waals surface area contributed by atoms with Gasteiger partial charge in [-0.05, 0) is 44.1 Å². The highest BCUT2D eigenvalue weighted by molar-refractivity contribution is 7.89. The number of carbonyl (C=O) groups is 1. The first-order valence-corrected chi connectivity index (χ1v) is 14.5. The van der Waals surface area contributed by atoms with Crippen LogP contribution in [0.1, 0.15) is 38.5 Å². The first-order valence-electron chi connectivity index (χ1n) is 12.7. The Hall–Kier alpha value is -1.59. The smallest absolute Gasteiger partial charge is 0.248 e. The summed E-state index contributed by atoms with van der Waals surface area (Å²) >= 11 is 6.24. The molecule has 1 saturated carbocycles. The van der Waals surface area contributed by atoms with Crippen LogP contribution in [-0.2, 0) is 19.6 Å². The van der Waals surface area contributed by atoms with Gasteiger partial charge in [0.15, 0.2) is 0 Å². The number of carbonyl (C=O) groups excluding carboxylic acids is 1. The molecule has 0 N–H and O–H groups in total. The van der Waals surface area contributed by atoms with Crippen molar-refractivity contribution in [2.24, 2.45) is 5.41 Å². The van der Waals surface area contributed by atoms with E-state index in [2.05, 4.69) is 4.90 Å². The standard InChI is InChI=1S/C25H38ClN3O6S/c1-27(36(31,32)24-21(26)15-20(33-2)16-22(24)34-3)13-14-35-17-23(30)28-10-7-25(8-11-28)9-12-29(18-25)19-5-4-6-19/h15-16,19H,4-14,17-18H2,1-3H3. The molecule has 0 atom stereocenters. The monoisotopic (exact) mass is 543 g/mol. The van der Waals surface area contributed by atoms with Crippen LogP contribution in [0.25, 0.3) is 0 Å². The van der Waals surface area contributed by atoms with Crippen molar-refractivity contribution in [3.8, 4) is 11.5 Å². The van der Waals surface area contributed by atoms with E-state index >= 15 is 0 Å². The molecule has 1 aliphatic carbocycles. The summed E-state index contributed by atoms with van der Waals surface area (Å²) in [4.78, 5) is 17.1. The molecule has 1 spiro atoms. The van der Waals surface area contributed by atoms with Crippen LogP contribution in [0.3, 0.4) is 0 Å². The number of halogens is 1. The fraction of sp³-hybridized carbons (Fsp3) is 0.720. The van der Waals surface area contributed by atoms with Crippen molar-refractivity contribution in [2.75, 3.05) is 67.2 Å². The Kier molecular flexibility index (Phi) is 8.71. The number of piperidine rings is 1. The minimum Gasteiger partial charge on any atom is -0.497 e. The molecule has 0 radical (unpaired) electrons. The maximum Gasteiger partial charge on any atom is 0.248 e. The molecule has 11 heteroatoms. The van der Waals surface area contributed by atoms with E-state index in [0.29, 0.717) is 11.2 Å². The molecule has 0 unspecified atom stereocenters. The quantitative estimate of drug-likeness (QED) is 0.419. The van der Waals surface area contributed by atoms with Crippen LogP contribution in [0.4, 0.5) is 0 Å². The number of amides is 1. The summed E-state index contributed by atoms with van der Waals surface area (Å²) in [6, 6.07) is 3.70. The van der Waals surface area contributed by atoms with Crippen LogP contribution < -0.4 is 9.47 Å². The van der Waals surface area contributed by atoms with Crippen molar-refractivity contribution in [3.05, 3.63) is 17.2 Å². The second kappa shape index (κ2) is 11.4. The predicted molar refractivity (Wildman–Crippen MR) is 137 cm³/mol. The number of benzene rings is 1. The van der Waals surface area contributed by atoms with Gasteiger partial charge in [-0.1, -0.05) is 18.0 Å². The second-order valence-electron chi connectivity index (χ2n) is 10.2. The summed E-state index contributed by atoms with van der Waals surface area (Å²) in [5.41, 5.74) is 0.369. The molecule has 3 aliphatic rings. The molecule has 2 saturated heterocycles. The predicted octanol–water partition coefficient (Wildman–Crippen LogP) is 2.86. The van der Waals surface area contributed by atoms with Crippen LogP contribution >= 0.6 is 11.6 Å². The SMILES string of the molecule is COc1cc(Cl)c(S(=O)(=O)N(C)CCOCC(=O)N2CCC3(CC2)CCN(C2CCC2)C3)c(OC)c1. The third kappa shape index (κ3) is 5.78. The Labute approximate surface area is 219 Å². The summed E-state index contributed by atoms with van der Waals surface area (Å²) in [5, 5.41) is 0.00934. The molecule has 0 aromatic heterocycles. The topological polar surface area (TPSA) is 88.6 Å². The second-order valence-corrected chi connectivity index (χ2v) is 12.6. The highest BCUT2D eigenvalue weighted by Gasteiger charge is 2.43. The lowest BCUT2D eigenvalue weighted by Gasteiger charge is -2.41. The number of methoxy groups -OCH3 is 2. The lowest BCUT2D eigenvalue weighted by Crippen LogP contribution is -2.46. The van der Waals surface area contributed by atoms with E-state index in [4.69, 9.17) is 25.8 Å². The Balaban J connectivity index is 1.22. The van der Waals surface area contributed by atoms with Gasteiger partial charge in [-0.15, -0.1) is 0 Å². The molecule has 3 fully saturated rings. The van der Waals surface area contributed by atoms with E-state index in [0.717, 1.165) is 36.3 Å². The van der Waals surface area contributed by atoms with Crippen LogP contribution in [0, 0.1) is 5.41 Å². The fourth-order valence-electron chi connectivity index (χ4n) is 5.46. The highest BCUT2D eigenvalue weighted by Crippen LogP contribution is 2.43. The number of likely N-dealkylation sites (N-methyl/N-ethyl adjacent to an activating group) is 1. The van der Waals surface area contributed by atoms with Gasteiger partial charge in [-0.2, -0.15) is 4.31 Å². The molecule has 1 aromatic carbocycles. The lowest BCUT2D eigenvalue weighted by molar-refractivity contribution is -0.138. The van der Waals surface area contributed by atoms with Crippen molar-refractivity contribution in [1.29, 1.82) is 0 Å². The van der Waals surface area contributed by atoms with Gasteiger partial charge in [-0.3, -0.25) is 9.69 Å². The lowest BCUT2D eigenvalue weighted by atomic mass is 9.77. The molecular formula is C25H38ClN3O6S. The molecule has 2 aliphatic heterocycles. The largest absolute Gasteiger partial charge is 0.497 e. The van der Waals surface area contributed by atoms with E-state index in [9.17, 15) is 13.2 Å². The summed E-state index contributed by atoms with van der Waals surface area (Å²) in [7, 11) is 0.341. The minimum atomic E-state index is -3.94. The number of sulfonamides is 1. The minimum absolute atomic E-state index is 0.00934. The van der Waals surface area contributed by atoms with E-state index < -0.39 is 10.0 Å². The summed E-state index contributed by atoms with van der Waals surface area (Å²) < 4.78 is 43.3. The zero-order valence-corrected chi connectivity index (χ0v) is 23.1. The number of likely N-dealkylation sites (tertiary alicyclic amines) is 2. The van der Waals surface area contributed by atoms with E-state index in [1.165, 1.54) is 72.2 Å². The molecular weight excluding hydrogens is 506 g/mol. The van der Waals surface area contributed by atoms with Crippen molar-refractivity contribution in [1.82, 2.24) is 14.1 Å². The molecule has 0 bridgehead atoms. The van der Waals surface area contributed by atoms with Gasteiger partial charge in [0.25, 0.3) is 0 Å². The molecule has 2 heterocycles. The van der Waals surface area contributed by atoms with Crippen molar-refractivity contribution in [2.45, 2.75) is 49.5 Å². The van der Waals surface area contributed by atoms with Crippen molar-refractivity contribution in [3.63, 3.8) is 0 Å². The normalized spacial score (nSPS) is 20.6. The Morgan fingerprint density at radius 3 is 2.44 bits per heavy atom. The van der Waals surface area contributed by atoms with Gasteiger partial charge in [0, 0.05) is 51.4 Å². The van der Waals surface area contributed by atoms with Crippen LogP contribution in [0.15, 0.2) is 17.0 Å². The Morgan fingerprint density at radius 2 is 1.83 bits per heavy atom. The van der Waals surface area contributed by atoms with E-state index in [1.54, 1.807) is 0 Å². The molecule has 202 valence electrons. The van der Waals surface area contributed by atoms with E-state index in [-0.39, 0.29) is 41.3 Å². The Bertz CT molecular complexity index is 1040. The molecule has 1 amide bonds. The van der Waals surface area contributed by atoms with Gasteiger partial charge in [0.2, 0.25) is 15.9 Å². The summed E-state index contributed by atoms with van der Waals surface area (Å²) in [5.74, 6) is 0.458. The first-order chi connectivity index (χ1) is 17.2. The van der Waals surface area contributed by atoms with Crippen LogP contribution in [-0.4, -0.2) is 102 Å². The van der Waals surface area contributed by atoms with Crippen molar-refractivity contribution >= 4 is 27.5 Å². The van der Waals surface area contributed by atoms with Crippen LogP contribution in [0.2, 0.25) is 5.02 Å². The maximum absolute atomic E-state index is 13.1. The summed E-state index contributed by atoms with van der Waals surface area (Å²) in [6.07, 6.45) is 7.39. The zero-order chi connectivity index (χ0) is 25.9. The average Bonchev–Trinajstić information content (AvgIpc) is 3.22. The molecule has 9 nitrogen and oxygen atoms in total. The van der Waals surface area contributed by atoms with Gasteiger partial charge in [0.1, 0.15) is 23.0 Å². The maximum atomic E-state index is 13.1. The van der Waals surface area contributed by atoms with Crippen LogP contribution in [0.5, 0.6) is 11.5 Å². The zero-order valence-electron chi connectivity index (χ0n) is 21.5. The Morgan fingerprint density at radius 1 is 1.14 bits per heavy atom. The number of ether oxygens (including phenoxy) is 3. The van der Waals surface area contributed by atoms with Gasteiger partial charge in [-0.25, -0.2) is 8.42 Å². The first kappa shape index (κ1) is 27.4. The fourth-order valence-corrected chi connectivity index (χ4v) is 7.28. The average molecular weight is 544 g/mol. The number of hydrogen-bond donors (Lipinski definition) is 0. The molecule has 4 rings (SSSR count). The van der Waals surface area contributed by atoms with Gasteiger partial charge in [0.05, 0.1) is 25.8 Å². The number of hydrogen-bond acceptors (Lipinski definition) is 7. The molecule has 36 heavy (non-hydrogen) atoms.